The van der Waals surface area contributed by atoms with Crippen molar-refractivity contribution in [3.05, 3.63) is 42.7 Å². The van der Waals surface area contributed by atoms with Crippen LogP contribution < -0.4 is 19.9 Å². The van der Waals surface area contributed by atoms with Gasteiger partial charge in [0, 0.05) is 32.4 Å². The van der Waals surface area contributed by atoms with Gasteiger partial charge in [-0.3, -0.25) is 24.4 Å². The molecule has 5 rings (SSSR count). The van der Waals surface area contributed by atoms with Crippen molar-refractivity contribution in [1.29, 1.82) is 0 Å². The van der Waals surface area contributed by atoms with E-state index in [9.17, 15) is 27.6 Å². The summed E-state index contributed by atoms with van der Waals surface area (Å²) in [5.74, 6) is -1.38. The third-order valence-corrected chi connectivity index (χ3v) is 7.23. The van der Waals surface area contributed by atoms with Gasteiger partial charge in [0.25, 0.3) is 5.91 Å². The molecule has 4 amide bonds. The molecule has 2 aliphatic heterocycles. The van der Waals surface area contributed by atoms with Crippen LogP contribution >= 0.6 is 0 Å². The zero-order valence-electron chi connectivity index (χ0n) is 20.9. The van der Waals surface area contributed by atoms with Crippen LogP contribution in [0.4, 0.5) is 35.0 Å². The number of carbonyl (C=O) groups excluding carboxylic acids is 3. The number of benzene rings is 1. The van der Waals surface area contributed by atoms with Crippen LogP contribution in [0.25, 0.3) is 0 Å². The molecular formula is C25H27F3N6O4. The zero-order chi connectivity index (χ0) is 27.2. The van der Waals surface area contributed by atoms with Crippen molar-refractivity contribution >= 4 is 34.9 Å². The number of likely N-dealkylation sites (N-methyl/N-ethyl adjacent to an activating group) is 1. The first-order valence-electron chi connectivity index (χ1n) is 12.2. The second-order valence-corrected chi connectivity index (χ2v) is 9.85. The Kier molecular flexibility index (Phi) is 6.51. The largest absolute Gasteiger partial charge is 0.573 e. The molecule has 0 radical (unpaired) electrons. The summed E-state index contributed by atoms with van der Waals surface area (Å²) < 4.78 is 41.5. The van der Waals surface area contributed by atoms with E-state index in [1.54, 1.807) is 6.07 Å². The number of hydrogen-bond donors (Lipinski definition) is 1. The number of alkyl halides is 3. The fourth-order valence-corrected chi connectivity index (χ4v) is 5.08. The lowest BCUT2D eigenvalue weighted by atomic mass is 10.1. The van der Waals surface area contributed by atoms with E-state index in [4.69, 9.17) is 0 Å². The molecule has 1 N–H and O–H groups in total. The molecule has 1 saturated carbocycles. The van der Waals surface area contributed by atoms with Crippen LogP contribution in [-0.2, 0) is 9.59 Å². The summed E-state index contributed by atoms with van der Waals surface area (Å²) in [4.78, 5) is 50.8. The number of carbonyl (C=O) groups is 3. The lowest BCUT2D eigenvalue weighted by molar-refractivity contribution is -0.274. The van der Waals surface area contributed by atoms with Gasteiger partial charge in [0.1, 0.15) is 11.3 Å². The molecule has 1 aromatic carbocycles. The monoisotopic (exact) mass is 532 g/mol. The summed E-state index contributed by atoms with van der Waals surface area (Å²) in [7, 11) is 2.02. The fourth-order valence-electron chi connectivity index (χ4n) is 5.08. The summed E-state index contributed by atoms with van der Waals surface area (Å²) in [6.07, 6.45) is -1.56. The van der Waals surface area contributed by atoms with Gasteiger partial charge in [0.2, 0.25) is 5.91 Å². The lowest BCUT2D eigenvalue weighted by Gasteiger charge is -2.32. The molecule has 1 aliphatic carbocycles. The summed E-state index contributed by atoms with van der Waals surface area (Å²) in [6, 6.07) is 5.45. The van der Waals surface area contributed by atoms with E-state index in [0.717, 1.165) is 43.2 Å². The van der Waals surface area contributed by atoms with Crippen LogP contribution in [0.2, 0.25) is 0 Å². The molecule has 2 aromatic rings. The molecule has 3 fully saturated rings. The van der Waals surface area contributed by atoms with Crippen molar-refractivity contribution in [3.8, 4) is 5.75 Å². The molecule has 2 saturated heterocycles. The highest BCUT2D eigenvalue weighted by molar-refractivity contribution is 6.32. The Balaban J connectivity index is 1.39. The van der Waals surface area contributed by atoms with Crippen LogP contribution in [-0.4, -0.2) is 84.3 Å². The van der Waals surface area contributed by atoms with Crippen LogP contribution in [0.5, 0.6) is 5.75 Å². The van der Waals surface area contributed by atoms with E-state index in [1.807, 2.05) is 18.9 Å². The number of ether oxygens (including phenoxy) is 1. The predicted molar refractivity (Wildman–Crippen MR) is 132 cm³/mol. The van der Waals surface area contributed by atoms with Crippen molar-refractivity contribution in [3.63, 3.8) is 0 Å². The second-order valence-electron chi connectivity index (χ2n) is 9.85. The maximum absolute atomic E-state index is 13.7. The van der Waals surface area contributed by atoms with Crippen molar-refractivity contribution in [1.82, 2.24) is 14.8 Å². The van der Waals surface area contributed by atoms with E-state index in [0.29, 0.717) is 17.8 Å². The van der Waals surface area contributed by atoms with Gasteiger partial charge < -0.3 is 15.0 Å². The molecule has 1 spiro atoms. The highest BCUT2D eigenvalue weighted by Gasteiger charge is 2.70. The number of piperazine rings is 1. The average molecular weight is 533 g/mol. The number of urea groups is 1. The van der Waals surface area contributed by atoms with E-state index in [-0.39, 0.29) is 24.1 Å². The maximum atomic E-state index is 13.7. The first-order chi connectivity index (χ1) is 18.0. The third-order valence-electron chi connectivity index (χ3n) is 7.23. The van der Waals surface area contributed by atoms with Crippen molar-refractivity contribution in [2.75, 3.05) is 54.9 Å². The van der Waals surface area contributed by atoms with Gasteiger partial charge in [0.15, 0.2) is 0 Å². The molecule has 2 atom stereocenters. The molecule has 3 heterocycles. The van der Waals surface area contributed by atoms with Crippen molar-refractivity contribution in [2.24, 2.45) is 5.92 Å². The number of nitrogens with zero attached hydrogens (tertiary/aromatic N) is 5. The molecule has 3 aliphatic rings. The molecule has 0 bridgehead atoms. The molecule has 202 valence electrons. The Labute approximate surface area is 216 Å². The molecule has 10 nitrogen and oxygen atoms in total. The minimum atomic E-state index is -4.86. The van der Waals surface area contributed by atoms with E-state index in [1.165, 1.54) is 29.4 Å². The van der Waals surface area contributed by atoms with E-state index in [2.05, 4.69) is 19.9 Å². The predicted octanol–water partition coefficient (Wildman–Crippen LogP) is 2.92. The Hall–Kier alpha value is -3.71. The summed E-state index contributed by atoms with van der Waals surface area (Å²) in [5.41, 5.74) is -0.419. The van der Waals surface area contributed by atoms with Gasteiger partial charge in [-0.1, -0.05) is 6.92 Å². The summed E-state index contributed by atoms with van der Waals surface area (Å²) in [6.45, 7) is 5.24. The molecule has 38 heavy (non-hydrogen) atoms. The number of amides is 4. The first kappa shape index (κ1) is 25.9. The SMILES string of the molecule is CC1CC12C(=O)N(c1ccc(OC(F)(F)F)cc1)C(=O)N2c1ccncc1NC(=O)CN1CCN(C)CC1. The number of halogens is 3. The number of rotatable bonds is 6. The van der Waals surface area contributed by atoms with Gasteiger partial charge in [-0.2, -0.15) is 0 Å². The Morgan fingerprint density at radius 2 is 1.79 bits per heavy atom. The molecule has 1 aromatic heterocycles. The smallest absolute Gasteiger partial charge is 0.406 e. The number of pyridine rings is 1. The van der Waals surface area contributed by atoms with Crippen LogP contribution in [0, 0.1) is 5.92 Å². The minimum absolute atomic E-state index is 0.116. The Morgan fingerprint density at radius 3 is 2.39 bits per heavy atom. The number of hydrogen-bond acceptors (Lipinski definition) is 7. The molecule has 13 heteroatoms. The first-order valence-corrected chi connectivity index (χ1v) is 12.2. The Bertz CT molecular complexity index is 1250. The average Bonchev–Trinajstić information content (AvgIpc) is 3.47. The maximum Gasteiger partial charge on any atom is 0.573 e. The highest BCUT2D eigenvalue weighted by Crippen LogP contribution is 2.56. The van der Waals surface area contributed by atoms with Gasteiger partial charge in [-0.15, -0.1) is 13.2 Å². The number of aromatic nitrogens is 1. The number of imide groups is 1. The third kappa shape index (κ3) is 4.78. The zero-order valence-corrected chi connectivity index (χ0v) is 20.9. The highest BCUT2D eigenvalue weighted by atomic mass is 19.4. The van der Waals surface area contributed by atoms with Gasteiger partial charge in [-0.05, 0) is 49.7 Å². The summed E-state index contributed by atoms with van der Waals surface area (Å²) in [5, 5.41) is 2.84. The van der Waals surface area contributed by atoms with E-state index >= 15 is 0 Å². The summed E-state index contributed by atoms with van der Waals surface area (Å²) >= 11 is 0. The van der Waals surface area contributed by atoms with Gasteiger partial charge >= 0.3 is 12.4 Å². The van der Waals surface area contributed by atoms with Crippen molar-refractivity contribution in [2.45, 2.75) is 25.2 Å². The van der Waals surface area contributed by atoms with E-state index < -0.39 is 29.6 Å². The topological polar surface area (TPSA) is 98.3 Å². The number of nitrogens with one attached hydrogen (secondary N) is 1. The molecule has 2 unspecified atom stereocenters. The Morgan fingerprint density at radius 1 is 1.13 bits per heavy atom. The van der Waals surface area contributed by atoms with Crippen LogP contribution in [0.1, 0.15) is 13.3 Å². The number of anilines is 3. The fraction of sp³-hybridized carbons (Fsp3) is 0.440. The van der Waals surface area contributed by atoms with Gasteiger partial charge in [-0.25, -0.2) is 9.69 Å². The van der Waals surface area contributed by atoms with Crippen molar-refractivity contribution < 1.29 is 32.3 Å². The second kappa shape index (κ2) is 9.55. The van der Waals surface area contributed by atoms with Crippen LogP contribution in [0.15, 0.2) is 42.7 Å². The normalized spacial score (nSPS) is 24.3. The minimum Gasteiger partial charge on any atom is -0.406 e. The standard InChI is InChI=1S/C25H27F3N6O4/c1-16-13-24(16)22(36)33(17-3-5-18(6-4-17)38-25(26,27)28)23(37)34(24)20-7-8-29-14-19(20)30-21(35)15-32-11-9-31(2)10-12-32/h3-8,14,16H,9-13,15H2,1-2H3,(H,30,35). The van der Waals surface area contributed by atoms with Gasteiger partial charge in [0.05, 0.1) is 29.8 Å². The lowest BCUT2D eigenvalue weighted by Crippen LogP contribution is -2.47. The molecular weight excluding hydrogens is 505 g/mol. The van der Waals surface area contributed by atoms with Crippen LogP contribution in [0.3, 0.4) is 0 Å². The quantitative estimate of drug-likeness (QED) is 0.572.